The highest BCUT2D eigenvalue weighted by atomic mass is 19.1. The Bertz CT molecular complexity index is 1330. The van der Waals surface area contributed by atoms with Crippen molar-refractivity contribution in [3.8, 4) is 17.0 Å². The Morgan fingerprint density at radius 2 is 1.85 bits per heavy atom. The van der Waals surface area contributed by atoms with Crippen LogP contribution in [0.15, 0.2) is 42.7 Å². The second-order valence-corrected chi connectivity index (χ2v) is 8.83. The second kappa shape index (κ2) is 8.85. The highest BCUT2D eigenvalue weighted by Crippen LogP contribution is 2.33. The number of aromatic nitrogens is 5. The van der Waals surface area contributed by atoms with E-state index in [2.05, 4.69) is 21.8 Å². The molecule has 0 unspecified atom stereocenters. The third kappa shape index (κ3) is 4.35. The van der Waals surface area contributed by atoms with Crippen LogP contribution in [-0.2, 0) is 7.05 Å². The molecule has 1 saturated carbocycles. The molecule has 0 atom stereocenters. The summed E-state index contributed by atoms with van der Waals surface area (Å²) in [5.74, 6) is -3.66. The van der Waals surface area contributed by atoms with E-state index in [1.165, 1.54) is 0 Å². The van der Waals surface area contributed by atoms with Gasteiger partial charge in [-0.05, 0) is 49.8 Å². The van der Waals surface area contributed by atoms with Crippen molar-refractivity contribution < 1.29 is 18.7 Å². The van der Waals surface area contributed by atoms with Crippen LogP contribution in [0.4, 0.5) is 8.78 Å². The first-order chi connectivity index (χ1) is 16.4. The molecule has 2 aromatic carbocycles. The van der Waals surface area contributed by atoms with Crippen molar-refractivity contribution in [1.82, 2.24) is 30.1 Å². The Balaban J connectivity index is 1.18. The number of hydrogen-bond donors (Lipinski definition) is 2. The molecular formula is C24H24F2N6O2. The molecular weight excluding hydrogens is 442 g/mol. The van der Waals surface area contributed by atoms with Crippen LogP contribution in [0.5, 0.6) is 5.75 Å². The highest BCUT2D eigenvalue weighted by molar-refractivity contribution is 5.94. The minimum absolute atomic E-state index is 0.148. The summed E-state index contributed by atoms with van der Waals surface area (Å²) in [6, 6.07) is 8.03. The Labute approximate surface area is 194 Å². The van der Waals surface area contributed by atoms with Gasteiger partial charge >= 0.3 is 0 Å². The number of nitrogens with one attached hydrogen (secondary N) is 1. The van der Waals surface area contributed by atoms with Crippen LogP contribution in [0.1, 0.15) is 42.1 Å². The van der Waals surface area contributed by atoms with Crippen LogP contribution in [0, 0.1) is 17.6 Å². The van der Waals surface area contributed by atoms with Crippen molar-refractivity contribution in [1.29, 1.82) is 0 Å². The first-order valence-electron chi connectivity index (χ1n) is 11.2. The molecule has 0 bridgehead atoms. The maximum absolute atomic E-state index is 13.5. The van der Waals surface area contributed by atoms with Crippen LogP contribution >= 0.6 is 0 Å². The number of benzene rings is 2. The summed E-state index contributed by atoms with van der Waals surface area (Å²) in [5, 5.41) is 25.9. The average Bonchev–Trinajstić information content (AvgIpc) is 3.46. The maximum atomic E-state index is 13.5. The number of halogens is 2. The van der Waals surface area contributed by atoms with Gasteiger partial charge in [-0.1, -0.05) is 17.3 Å². The number of amides is 1. The summed E-state index contributed by atoms with van der Waals surface area (Å²) in [6.07, 6.45) is 7.60. The number of nitrogens with zero attached hydrogens (tertiary/aromatic N) is 5. The van der Waals surface area contributed by atoms with E-state index in [4.69, 9.17) is 5.10 Å². The molecule has 8 nitrogen and oxygen atoms in total. The van der Waals surface area contributed by atoms with E-state index >= 15 is 0 Å². The van der Waals surface area contributed by atoms with Gasteiger partial charge in [0.05, 0.1) is 17.8 Å². The van der Waals surface area contributed by atoms with Gasteiger partial charge in [0.25, 0.3) is 5.91 Å². The summed E-state index contributed by atoms with van der Waals surface area (Å²) in [4.78, 5) is 12.3. The van der Waals surface area contributed by atoms with Gasteiger partial charge in [-0.3, -0.25) is 14.2 Å². The molecule has 0 radical (unpaired) electrons. The molecule has 176 valence electrons. The standard InChI is InChI=1S/C24H24F2N6O2/c1-31-13-22(28-30-31)15-4-5-16-12-32(29-21(16)10-15)18-6-2-14(3-7-18)11-27-24(34)17-8-19(25)23(33)20(26)9-17/h4-5,8-10,12-14,18,33H,2-3,6-7,11H2,1H3,(H,27,34)/t14-,18-. The molecule has 1 aliphatic carbocycles. The number of phenolic OH excluding ortho intramolecular Hbond substituents is 1. The lowest BCUT2D eigenvalue weighted by Crippen LogP contribution is -2.31. The van der Waals surface area contributed by atoms with Crippen LogP contribution in [0.3, 0.4) is 0 Å². The van der Waals surface area contributed by atoms with Crippen LogP contribution < -0.4 is 5.32 Å². The maximum Gasteiger partial charge on any atom is 0.251 e. The molecule has 10 heteroatoms. The van der Waals surface area contributed by atoms with Gasteiger partial charge in [-0.15, -0.1) is 5.10 Å². The molecule has 1 aliphatic rings. The first-order valence-corrected chi connectivity index (χ1v) is 11.2. The smallest absolute Gasteiger partial charge is 0.251 e. The molecule has 0 spiro atoms. The fourth-order valence-electron chi connectivity index (χ4n) is 4.51. The van der Waals surface area contributed by atoms with Crippen LogP contribution in [-0.4, -0.2) is 42.3 Å². The van der Waals surface area contributed by atoms with E-state index in [9.17, 15) is 18.7 Å². The lowest BCUT2D eigenvalue weighted by atomic mass is 9.86. The summed E-state index contributed by atoms with van der Waals surface area (Å²) < 4.78 is 30.7. The van der Waals surface area contributed by atoms with E-state index in [1.807, 2.05) is 36.1 Å². The van der Waals surface area contributed by atoms with E-state index < -0.39 is 23.3 Å². The predicted octanol–water partition coefficient (Wildman–Crippen LogP) is 3.98. The molecule has 2 heterocycles. The number of fused-ring (bicyclic) bond motifs is 1. The minimum Gasteiger partial charge on any atom is -0.503 e. The average molecular weight is 466 g/mol. The second-order valence-electron chi connectivity index (χ2n) is 8.83. The van der Waals surface area contributed by atoms with Gasteiger partial charge in [0.15, 0.2) is 17.4 Å². The number of aromatic hydroxyl groups is 1. The van der Waals surface area contributed by atoms with Crippen molar-refractivity contribution in [2.45, 2.75) is 31.7 Å². The molecule has 1 amide bonds. The zero-order valence-corrected chi connectivity index (χ0v) is 18.6. The topological polar surface area (TPSA) is 97.9 Å². The van der Waals surface area contributed by atoms with E-state index in [1.54, 1.807) is 4.68 Å². The SMILES string of the molecule is Cn1cc(-c2ccc3cn([C@H]4CC[C@H](CNC(=O)c5cc(F)c(O)c(F)c5)CC4)nc3c2)nn1. The van der Waals surface area contributed by atoms with Gasteiger partial charge in [-0.2, -0.15) is 5.10 Å². The van der Waals surface area contributed by atoms with Crippen LogP contribution in [0.25, 0.3) is 22.2 Å². The Kier molecular flexibility index (Phi) is 5.72. The Hall–Kier alpha value is -3.82. The van der Waals surface area contributed by atoms with Gasteiger partial charge in [0.1, 0.15) is 5.69 Å². The largest absolute Gasteiger partial charge is 0.503 e. The monoisotopic (exact) mass is 466 g/mol. The molecule has 1 fully saturated rings. The normalized spacial score (nSPS) is 18.3. The van der Waals surface area contributed by atoms with Crippen molar-refractivity contribution in [2.75, 3.05) is 6.54 Å². The van der Waals surface area contributed by atoms with Crippen molar-refractivity contribution in [3.63, 3.8) is 0 Å². The molecule has 2 aromatic heterocycles. The molecule has 34 heavy (non-hydrogen) atoms. The summed E-state index contributed by atoms with van der Waals surface area (Å²) in [6.45, 7) is 0.429. The van der Waals surface area contributed by atoms with E-state index in [0.717, 1.165) is 60.0 Å². The quantitative estimate of drug-likeness (QED) is 0.464. The van der Waals surface area contributed by atoms with Gasteiger partial charge in [-0.25, -0.2) is 8.78 Å². The molecule has 2 N–H and O–H groups in total. The number of carbonyl (C=O) groups excluding carboxylic acids is 1. The number of phenols is 1. The number of rotatable bonds is 5. The van der Waals surface area contributed by atoms with Gasteiger partial charge in [0.2, 0.25) is 0 Å². The number of hydrogen-bond acceptors (Lipinski definition) is 5. The minimum atomic E-state index is -1.15. The molecule has 4 aromatic rings. The van der Waals surface area contributed by atoms with E-state index in [0.29, 0.717) is 6.54 Å². The van der Waals surface area contributed by atoms with E-state index in [-0.39, 0.29) is 17.5 Å². The third-order valence-electron chi connectivity index (χ3n) is 6.44. The highest BCUT2D eigenvalue weighted by Gasteiger charge is 2.24. The lowest BCUT2D eigenvalue weighted by molar-refractivity contribution is 0.0940. The number of carbonyl (C=O) groups is 1. The fourth-order valence-corrected chi connectivity index (χ4v) is 4.51. The third-order valence-corrected chi connectivity index (χ3v) is 6.44. The van der Waals surface area contributed by atoms with Crippen molar-refractivity contribution in [2.24, 2.45) is 13.0 Å². The van der Waals surface area contributed by atoms with Crippen LogP contribution in [0.2, 0.25) is 0 Å². The Morgan fingerprint density at radius 1 is 1.12 bits per heavy atom. The van der Waals surface area contributed by atoms with Crippen molar-refractivity contribution in [3.05, 3.63) is 59.9 Å². The zero-order chi connectivity index (χ0) is 23.8. The molecule has 0 saturated heterocycles. The first kappa shape index (κ1) is 22.0. The Morgan fingerprint density at radius 3 is 2.53 bits per heavy atom. The summed E-state index contributed by atoms with van der Waals surface area (Å²) in [5.41, 5.74) is 2.54. The predicted molar refractivity (Wildman–Crippen MR) is 121 cm³/mol. The molecule has 5 rings (SSSR count). The summed E-state index contributed by atoms with van der Waals surface area (Å²) in [7, 11) is 1.83. The molecule has 0 aliphatic heterocycles. The lowest BCUT2D eigenvalue weighted by Gasteiger charge is -2.28. The summed E-state index contributed by atoms with van der Waals surface area (Å²) >= 11 is 0. The fraction of sp³-hybridized carbons (Fsp3) is 0.333. The number of aryl methyl sites for hydroxylation is 1. The van der Waals surface area contributed by atoms with Crippen molar-refractivity contribution >= 4 is 16.8 Å². The van der Waals surface area contributed by atoms with Gasteiger partial charge in [0, 0.05) is 36.3 Å². The van der Waals surface area contributed by atoms with Gasteiger partial charge < -0.3 is 10.4 Å². The zero-order valence-electron chi connectivity index (χ0n) is 18.6.